The van der Waals surface area contributed by atoms with Crippen molar-refractivity contribution in [3.8, 4) is 0 Å². The molecule has 0 saturated carbocycles. The molecule has 0 fully saturated rings. The molecule has 0 unspecified atom stereocenters. The summed E-state index contributed by atoms with van der Waals surface area (Å²) >= 11 is 13.6. The molecule has 0 aromatic heterocycles. The second kappa shape index (κ2) is 4.50. The zero-order valence-electron chi connectivity index (χ0n) is 7.13. The molecule has 0 radical (unpaired) electrons. The number of carbonyl (C=O) groups excluding carboxylic acids is 1. The van der Waals surface area contributed by atoms with Crippen LogP contribution in [-0.4, -0.2) is 12.0 Å². The number of ketones is 1. The highest BCUT2D eigenvalue weighted by molar-refractivity contribution is 9.10. The van der Waals surface area contributed by atoms with E-state index < -0.39 is 28.4 Å². The van der Waals surface area contributed by atoms with Crippen LogP contribution in [0.1, 0.15) is 10.4 Å². The molecule has 0 aliphatic carbocycles. The van der Waals surface area contributed by atoms with E-state index in [1.165, 1.54) is 0 Å². The standard InChI is InChI=1S/C8HBrCl2F4O/c9-3-1-2(7(16)8(13,14)15)6(12)5(11)4(3)10/h1H. The Morgan fingerprint density at radius 3 is 2.19 bits per heavy atom. The van der Waals surface area contributed by atoms with Crippen molar-refractivity contribution in [2.24, 2.45) is 0 Å². The van der Waals surface area contributed by atoms with E-state index in [1.54, 1.807) is 0 Å². The molecular formula is C8HBrCl2F4O. The Morgan fingerprint density at radius 1 is 1.25 bits per heavy atom. The molecule has 1 rings (SSSR count). The van der Waals surface area contributed by atoms with Crippen molar-refractivity contribution >= 4 is 44.9 Å². The molecule has 1 aromatic rings. The molecule has 0 atom stereocenters. The number of alkyl halides is 3. The van der Waals surface area contributed by atoms with Gasteiger partial charge in [-0.3, -0.25) is 4.79 Å². The van der Waals surface area contributed by atoms with E-state index >= 15 is 0 Å². The van der Waals surface area contributed by atoms with E-state index in [1.807, 2.05) is 0 Å². The van der Waals surface area contributed by atoms with Gasteiger partial charge in [-0.25, -0.2) is 4.39 Å². The maximum Gasteiger partial charge on any atom is 0.454 e. The first-order valence-corrected chi connectivity index (χ1v) is 5.15. The van der Waals surface area contributed by atoms with Crippen LogP contribution in [0.3, 0.4) is 0 Å². The quantitative estimate of drug-likeness (QED) is 0.315. The third-order valence-corrected chi connectivity index (χ3v) is 3.30. The number of hydrogen-bond acceptors (Lipinski definition) is 1. The zero-order valence-corrected chi connectivity index (χ0v) is 10.2. The fourth-order valence-corrected chi connectivity index (χ4v) is 1.77. The monoisotopic (exact) mass is 338 g/mol. The first-order chi connectivity index (χ1) is 7.16. The van der Waals surface area contributed by atoms with Gasteiger partial charge in [-0.1, -0.05) is 23.2 Å². The number of carbonyl (C=O) groups is 1. The Labute approximate surface area is 105 Å². The summed E-state index contributed by atoms with van der Waals surface area (Å²) in [5.74, 6) is -3.80. The molecule has 0 aliphatic heterocycles. The summed E-state index contributed by atoms with van der Waals surface area (Å²) in [5, 5.41) is -1.03. The molecule has 8 heteroatoms. The van der Waals surface area contributed by atoms with E-state index in [-0.39, 0.29) is 9.50 Å². The van der Waals surface area contributed by atoms with Gasteiger partial charge in [-0.2, -0.15) is 13.2 Å². The van der Waals surface area contributed by atoms with Crippen LogP contribution in [0.4, 0.5) is 17.6 Å². The predicted molar refractivity (Wildman–Crippen MR) is 54.5 cm³/mol. The topological polar surface area (TPSA) is 17.1 Å². The van der Waals surface area contributed by atoms with Crippen molar-refractivity contribution < 1.29 is 22.4 Å². The fraction of sp³-hybridized carbons (Fsp3) is 0.125. The van der Waals surface area contributed by atoms with Gasteiger partial charge in [0.2, 0.25) is 0 Å². The zero-order chi connectivity index (χ0) is 12.7. The fourth-order valence-electron chi connectivity index (χ4n) is 0.891. The number of Topliss-reactive ketones (excluding diaryl/α,β-unsaturated/α-hetero) is 1. The minimum atomic E-state index is -5.17. The molecule has 0 saturated heterocycles. The van der Waals surface area contributed by atoms with E-state index in [9.17, 15) is 22.4 Å². The Balaban J connectivity index is 3.43. The van der Waals surface area contributed by atoms with Crippen molar-refractivity contribution in [3.63, 3.8) is 0 Å². The highest BCUT2D eigenvalue weighted by Crippen LogP contribution is 2.36. The van der Waals surface area contributed by atoms with Crippen molar-refractivity contribution in [1.29, 1.82) is 0 Å². The van der Waals surface area contributed by atoms with Crippen LogP contribution in [-0.2, 0) is 0 Å². The summed E-state index contributed by atoms with van der Waals surface area (Å²) in [5.41, 5.74) is -1.17. The Morgan fingerprint density at radius 2 is 1.75 bits per heavy atom. The van der Waals surface area contributed by atoms with Crippen LogP contribution in [0, 0.1) is 5.82 Å². The molecule has 16 heavy (non-hydrogen) atoms. The van der Waals surface area contributed by atoms with Crippen LogP contribution in [0.25, 0.3) is 0 Å². The lowest BCUT2D eigenvalue weighted by Crippen LogP contribution is -2.24. The Hall–Kier alpha value is -0.330. The largest absolute Gasteiger partial charge is 0.454 e. The SMILES string of the molecule is O=C(c1cc(Br)c(Cl)c(Cl)c1F)C(F)(F)F. The average molecular weight is 340 g/mol. The number of benzene rings is 1. The van der Waals surface area contributed by atoms with Crippen molar-refractivity contribution in [2.75, 3.05) is 0 Å². The van der Waals surface area contributed by atoms with Gasteiger partial charge in [-0.15, -0.1) is 0 Å². The minimum absolute atomic E-state index is 0.0897. The van der Waals surface area contributed by atoms with Crippen LogP contribution in [0.15, 0.2) is 10.5 Å². The van der Waals surface area contributed by atoms with Crippen molar-refractivity contribution in [2.45, 2.75) is 6.18 Å². The van der Waals surface area contributed by atoms with Gasteiger partial charge in [0.15, 0.2) is 5.82 Å². The number of hydrogen-bond donors (Lipinski definition) is 0. The molecule has 1 aromatic carbocycles. The van der Waals surface area contributed by atoms with Gasteiger partial charge in [0, 0.05) is 4.47 Å². The van der Waals surface area contributed by atoms with Gasteiger partial charge in [0.05, 0.1) is 15.6 Å². The van der Waals surface area contributed by atoms with Gasteiger partial charge < -0.3 is 0 Å². The normalized spacial score (nSPS) is 11.7. The molecule has 88 valence electrons. The van der Waals surface area contributed by atoms with Crippen LogP contribution >= 0.6 is 39.1 Å². The Bertz CT molecular complexity index is 458. The van der Waals surface area contributed by atoms with Crippen molar-refractivity contribution in [3.05, 3.63) is 32.0 Å². The maximum atomic E-state index is 13.3. The van der Waals surface area contributed by atoms with Gasteiger partial charge >= 0.3 is 6.18 Å². The van der Waals surface area contributed by atoms with Gasteiger partial charge in [0.25, 0.3) is 5.78 Å². The van der Waals surface area contributed by atoms with E-state index in [0.717, 1.165) is 0 Å². The summed E-state index contributed by atoms with van der Waals surface area (Å²) in [6.45, 7) is 0. The Kier molecular flexibility index (Phi) is 3.87. The summed E-state index contributed by atoms with van der Waals surface area (Å²) in [7, 11) is 0. The second-order valence-corrected chi connectivity index (χ2v) is 4.29. The molecular weight excluding hydrogens is 339 g/mol. The van der Waals surface area contributed by atoms with Gasteiger partial charge in [-0.05, 0) is 22.0 Å². The summed E-state index contributed by atoms with van der Waals surface area (Å²) < 4.78 is 49.4. The molecule has 1 nitrogen and oxygen atoms in total. The van der Waals surface area contributed by atoms with Crippen molar-refractivity contribution in [1.82, 2.24) is 0 Å². The summed E-state index contributed by atoms with van der Waals surface area (Å²) in [6, 6.07) is 0.638. The lowest BCUT2D eigenvalue weighted by Gasteiger charge is -2.09. The van der Waals surface area contributed by atoms with Crippen LogP contribution < -0.4 is 0 Å². The minimum Gasteiger partial charge on any atom is -0.284 e. The molecule has 0 spiro atoms. The lowest BCUT2D eigenvalue weighted by atomic mass is 10.1. The van der Waals surface area contributed by atoms with Crippen LogP contribution in [0.2, 0.25) is 10.0 Å². The third kappa shape index (κ3) is 2.49. The molecule has 0 amide bonds. The van der Waals surface area contributed by atoms with E-state index in [0.29, 0.717) is 6.07 Å². The van der Waals surface area contributed by atoms with E-state index in [4.69, 9.17) is 23.2 Å². The molecule has 0 aliphatic rings. The maximum absolute atomic E-state index is 13.3. The highest BCUT2D eigenvalue weighted by atomic mass is 79.9. The smallest absolute Gasteiger partial charge is 0.284 e. The highest BCUT2D eigenvalue weighted by Gasteiger charge is 2.41. The molecule has 0 N–H and O–H groups in total. The number of rotatable bonds is 1. The predicted octanol–water partition coefficient (Wildman–Crippen LogP) is 4.64. The van der Waals surface area contributed by atoms with E-state index in [2.05, 4.69) is 15.9 Å². The lowest BCUT2D eigenvalue weighted by molar-refractivity contribution is -0.0887. The average Bonchev–Trinajstić information content (AvgIpc) is 2.18. The first-order valence-electron chi connectivity index (χ1n) is 3.60. The van der Waals surface area contributed by atoms with Crippen LogP contribution in [0.5, 0.6) is 0 Å². The number of halogens is 7. The summed E-state index contributed by atoms with van der Waals surface area (Å²) in [4.78, 5) is 10.8. The molecule has 0 heterocycles. The molecule has 0 bridgehead atoms. The van der Waals surface area contributed by atoms with Gasteiger partial charge in [0.1, 0.15) is 0 Å². The second-order valence-electron chi connectivity index (χ2n) is 2.67. The summed E-state index contributed by atoms with van der Waals surface area (Å²) in [6.07, 6.45) is -5.17. The first kappa shape index (κ1) is 13.7. The third-order valence-electron chi connectivity index (χ3n) is 1.60.